The lowest BCUT2D eigenvalue weighted by molar-refractivity contribution is 0.0685. The largest absolute Gasteiger partial charge is 0.445 e. The van der Waals surface area contributed by atoms with E-state index in [-0.39, 0.29) is 49.2 Å². The van der Waals surface area contributed by atoms with Crippen molar-refractivity contribution in [2.75, 3.05) is 23.1 Å². The molecule has 5 aromatic rings. The summed E-state index contributed by atoms with van der Waals surface area (Å²) in [6.45, 7) is 0.00580. The van der Waals surface area contributed by atoms with Crippen LogP contribution in [0.15, 0.2) is 97.3 Å². The summed E-state index contributed by atoms with van der Waals surface area (Å²) in [7, 11) is -4.32. The van der Waals surface area contributed by atoms with Crippen LogP contribution in [0.5, 0.6) is 11.6 Å². The van der Waals surface area contributed by atoms with Crippen LogP contribution < -0.4 is 14.8 Å². The number of anilines is 2. The van der Waals surface area contributed by atoms with Gasteiger partial charge in [0.05, 0.1) is 23.6 Å². The zero-order valence-electron chi connectivity index (χ0n) is 26.7. The molecule has 2 N–H and O–H groups in total. The molecule has 1 fully saturated rings. The van der Waals surface area contributed by atoms with Gasteiger partial charge in [0, 0.05) is 37.5 Å². The van der Waals surface area contributed by atoms with Gasteiger partial charge in [-0.3, -0.25) is 4.72 Å². The summed E-state index contributed by atoms with van der Waals surface area (Å²) >= 11 is 0. The van der Waals surface area contributed by atoms with E-state index in [2.05, 4.69) is 20.3 Å². The van der Waals surface area contributed by atoms with Crippen molar-refractivity contribution >= 4 is 27.8 Å². The highest BCUT2D eigenvalue weighted by Crippen LogP contribution is 2.36. The number of piperidine rings is 1. The van der Waals surface area contributed by atoms with Crippen LogP contribution in [0, 0.1) is 17.5 Å². The first-order valence-electron chi connectivity index (χ1n) is 15.6. The lowest BCUT2D eigenvalue weighted by Crippen LogP contribution is -2.50. The number of aromatic nitrogens is 3. The predicted molar refractivity (Wildman–Crippen MR) is 179 cm³/mol. The zero-order valence-corrected chi connectivity index (χ0v) is 27.5. The van der Waals surface area contributed by atoms with E-state index in [4.69, 9.17) is 9.47 Å². The molecule has 0 radical (unpaired) electrons. The Hall–Kier alpha value is -5.77. The molecule has 6 rings (SSSR count). The summed E-state index contributed by atoms with van der Waals surface area (Å²) in [5, 5.41) is 3.03. The van der Waals surface area contributed by atoms with E-state index in [1.54, 1.807) is 35.1 Å². The quantitative estimate of drug-likeness (QED) is 0.111. The van der Waals surface area contributed by atoms with Gasteiger partial charge in [-0.25, -0.2) is 41.3 Å². The van der Waals surface area contributed by atoms with Crippen LogP contribution in [0.4, 0.5) is 34.0 Å². The van der Waals surface area contributed by atoms with Gasteiger partial charge in [-0.2, -0.15) is 4.39 Å². The zero-order chi connectivity index (χ0) is 36.0. The Morgan fingerprint density at radius 1 is 0.882 bits per heavy atom. The standard InChI is InChI=1S/C35H30F4N6O5S/c36-24-16-25(19-45(18-24)35(46)49-20-22-8-3-1-4-9-22)42-34-41-15-13-28(43-34)26-12-7-14-40-33(26)50-29-17-27(37)32(31(39)30(29)38)44-51(47,48)21-23-10-5-2-6-11-23/h1-15,17,24-25,44H,16,18-21H2,(H,41,42,43)/t24-,25-/m0/s1. The van der Waals surface area contributed by atoms with E-state index < -0.39 is 63.0 Å². The number of sulfonamides is 1. The Morgan fingerprint density at radius 2 is 1.61 bits per heavy atom. The molecule has 1 aliphatic heterocycles. The molecule has 0 spiro atoms. The van der Waals surface area contributed by atoms with Gasteiger partial charge < -0.3 is 19.7 Å². The van der Waals surface area contributed by atoms with Gasteiger partial charge in [0.15, 0.2) is 17.4 Å². The maximum absolute atomic E-state index is 15.2. The van der Waals surface area contributed by atoms with Crippen LogP contribution in [-0.2, 0) is 27.1 Å². The van der Waals surface area contributed by atoms with Crippen molar-refractivity contribution in [1.82, 2.24) is 19.9 Å². The number of carbonyl (C=O) groups excluding carboxylic acids is 1. The van der Waals surface area contributed by atoms with Gasteiger partial charge in [-0.1, -0.05) is 60.7 Å². The number of benzene rings is 3. The minimum absolute atomic E-state index is 0.0345. The third-order valence-electron chi connectivity index (χ3n) is 7.69. The molecule has 0 aliphatic carbocycles. The molecule has 51 heavy (non-hydrogen) atoms. The molecular formula is C35H30F4N6O5S. The second-order valence-electron chi connectivity index (χ2n) is 11.5. The monoisotopic (exact) mass is 722 g/mol. The molecule has 1 aliphatic rings. The maximum atomic E-state index is 15.2. The molecule has 1 saturated heterocycles. The molecule has 0 saturated carbocycles. The lowest BCUT2D eigenvalue weighted by Gasteiger charge is -2.34. The third kappa shape index (κ3) is 8.88. The SMILES string of the molecule is O=C(OCc1ccccc1)N1C[C@@H](F)C[C@H](Nc2nccc(-c3cccnc3Oc3cc(F)c(NS(=O)(=O)Cc4ccccc4)c(F)c3F)n2)C1. The lowest BCUT2D eigenvalue weighted by atomic mass is 10.0. The first-order chi connectivity index (χ1) is 24.5. The average molecular weight is 723 g/mol. The van der Waals surface area contributed by atoms with E-state index in [0.29, 0.717) is 11.6 Å². The van der Waals surface area contributed by atoms with E-state index in [1.165, 1.54) is 47.6 Å². The molecule has 2 aromatic heterocycles. The van der Waals surface area contributed by atoms with Crippen molar-refractivity contribution in [2.45, 2.75) is 31.0 Å². The fourth-order valence-electron chi connectivity index (χ4n) is 5.36. The number of likely N-dealkylation sites (tertiary alicyclic amines) is 1. The van der Waals surface area contributed by atoms with Gasteiger partial charge in [-0.05, 0) is 29.3 Å². The van der Waals surface area contributed by atoms with Crippen molar-refractivity contribution in [2.24, 2.45) is 0 Å². The van der Waals surface area contributed by atoms with E-state index >= 15 is 13.2 Å². The van der Waals surface area contributed by atoms with Gasteiger partial charge in [0.1, 0.15) is 18.5 Å². The number of hydrogen-bond acceptors (Lipinski definition) is 9. The highest BCUT2D eigenvalue weighted by atomic mass is 32.2. The molecule has 0 bridgehead atoms. The predicted octanol–water partition coefficient (Wildman–Crippen LogP) is 6.85. The smallest absolute Gasteiger partial charge is 0.410 e. The van der Waals surface area contributed by atoms with Crippen molar-refractivity contribution < 1.29 is 40.2 Å². The summed E-state index contributed by atoms with van der Waals surface area (Å²) < 4.78 is 97.9. The third-order valence-corrected chi connectivity index (χ3v) is 8.92. The number of halogens is 4. The molecule has 264 valence electrons. The number of pyridine rings is 1. The molecule has 1 amide bonds. The number of nitrogens with one attached hydrogen (secondary N) is 2. The summed E-state index contributed by atoms with van der Waals surface area (Å²) in [5.74, 6) is -6.64. The molecule has 16 heteroatoms. The highest BCUT2D eigenvalue weighted by molar-refractivity contribution is 7.91. The minimum Gasteiger partial charge on any atom is -0.445 e. The van der Waals surface area contributed by atoms with E-state index in [9.17, 15) is 17.6 Å². The normalized spacial score (nSPS) is 16.0. The van der Waals surface area contributed by atoms with Crippen LogP contribution in [-0.4, -0.2) is 59.7 Å². The van der Waals surface area contributed by atoms with Crippen LogP contribution >= 0.6 is 0 Å². The Morgan fingerprint density at radius 3 is 2.35 bits per heavy atom. The first kappa shape index (κ1) is 35.1. The number of rotatable bonds is 11. The summed E-state index contributed by atoms with van der Waals surface area (Å²) in [5.41, 5.74) is 0.312. The molecular weight excluding hydrogens is 692 g/mol. The summed E-state index contributed by atoms with van der Waals surface area (Å²) in [4.78, 5) is 26.7. The van der Waals surface area contributed by atoms with E-state index in [0.717, 1.165) is 5.56 Å². The fourth-order valence-corrected chi connectivity index (χ4v) is 6.56. The van der Waals surface area contributed by atoms with Crippen LogP contribution in [0.2, 0.25) is 0 Å². The number of hydrogen-bond donors (Lipinski definition) is 2. The Bertz CT molecular complexity index is 2120. The first-order valence-corrected chi connectivity index (χ1v) is 17.2. The number of ether oxygens (including phenoxy) is 2. The van der Waals surface area contributed by atoms with Crippen molar-refractivity contribution in [3.63, 3.8) is 0 Å². The van der Waals surface area contributed by atoms with E-state index in [1.807, 2.05) is 18.2 Å². The molecule has 0 unspecified atom stereocenters. The maximum Gasteiger partial charge on any atom is 0.410 e. The number of carbonyl (C=O) groups is 1. The van der Waals surface area contributed by atoms with Gasteiger partial charge >= 0.3 is 6.09 Å². The molecule has 11 nitrogen and oxygen atoms in total. The van der Waals surface area contributed by atoms with Gasteiger partial charge in [-0.15, -0.1) is 0 Å². The summed E-state index contributed by atoms with van der Waals surface area (Å²) in [6.07, 6.45) is 0.733. The Labute approximate surface area is 290 Å². The van der Waals surface area contributed by atoms with Gasteiger partial charge in [0.2, 0.25) is 27.7 Å². The van der Waals surface area contributed by atoms with Crippen molar-refractivity contribution in [3.05, 3.63) is 126 Å². The second kappa shape index (κ2) is 15.4. The molecule has 3 heterocycles. The fraction of sp³-hybridized carbons (Fsp3) is 0.200. The molecule has 3 aromatic carbocycles. The van der Waals surface area contributed by atoms with Crippen LogP contribution in [0.3, 0.4) is 0 Å². The Balaban J connectivity index is 1.16. The average Bonchev–Trinajstić information content (AvgIpc) is 3.12. The molecule has 2 atom stereocenters. The Kier molecular flexibility index (Phi) is 10.6. The topological polar surface area (TPSA) is 136 Å². The van der Waals surface area contributed by atoms with Crippen LogP contribution in [0.25, 0.3) is 11.3 Å². The number of amides is 1. The summed E-state index contributed by atoms with van der Waals surface area (Å²) in [6, 6.07) is 21.4. The van der Waals surface area contributed by atoms with Crippen molar-refractivity contribution in [1.29, 1.82) is 0 Å². The highest BCUT2D eigenvalue weighted by Gasteiger charge is 2.32. The van der Waals surface area contributed by atoms with Gasteiger partial charge in [0.25, 0.3) is 0 Å². The van der Waals surface area contributed by atoms with Crippen molar-refractivity contribution in [3.8, 4) is 22.9 Å². The second-order valence-corrected chi connectivity index (χ2v) is 13.3. The minimum atomic E-state index is -4.32. The van der Waals surface area contributed by atoms with Crippen LogP contribution in [0.1, 0.15) is 17.5 Å². The number of alkyl halides is 1. The number of nitrogens with zero attached hydrogens (tertiary/aromatic N) is 4.